The molecule has 0 saturated heterocycles. The Labute approximate surface area is 137 Å². The number of benzene rings is 1. The molecule has 2 aromatic heterocycles. The maximum atomic E-state index is 12.6. The summed E-state index contributed by atoms with van der Waals surface area (Å²) in [7, 11) is 3.44. The minimum absolute atomic E-state index is 0.0911. The summed E-state index contributed by atoms with van der Waals surface area (Å²) in [4.78, 5) is 33.1. The van der Waals surface area contributed by atoms with Crippen LogP contribution in [0.25, 0.3) is 11.0 Å². The molecule has 1 amide bonds. The highest BCUT2D eigenvalue weighted by molar-refractivity contribution is 7.09. The molecule has 2 heterocycles. The monoisotopic (exact) mass is 330 g/mol. The first-order valence-electron chi connectivity index (χ1n) is 7.37. The predicted octanol–water partition coefficient (Wildman–Crippen LogP) is 2.16. The summed E-state index contributed by atoms with van der Waals surface area (Å²) in [6.07, 6.45) is 0.903. The number of carbonyl (C=O) groups is 1. The number of rotatable bonds is 4. The van der Waals surface area contributed by atoms with Gasteiger partial charge in [0.2, 0.25) is 0 Å². The highest BCUT2D eigenvalue weighted by Gasteiger charge is 2.15. The molecule has 1 N–H and O–H groups in total. The van der Waals surface area contributed by atoms with Crippen molar-refractivity contribution in [2.24, 2.45) is 7.05 Å². The van der Waals surface area contributed by atoms with Gasteiger partial charge in [0.1, 0.15) is 0 Å². The van der Waals surface area contributed by atoms with E-state index in [-0.39, 0.29) is 11.6 Å². The van der Waals surface area contributed by atoms with Crippen molar-refractivity contribution in [3.05, 3.63) is 50.3 Å². The molecule has 0 bridgehead atoms. The van der Waals surface area contributed by atoms with Crippen LogP contribution in [0.3, 0.4) is 0 Å². The molecule has 0 unspecified atom stereocenters. The van der Waals surface area contributed by atoms with Crippen molar-refractivity contribution < 1.29 is 4.79 Å². The van der Waals surface area contributed by atoms with Gasteiger partial charge in [0.25, 0.3) is 5.91 Å². The van der Waals surface area contributed by atoms with Crippen molar-refractivity contribution in [3.63, 3.8) is 0 Å². The van der Waals surface area contributed by atoms with Gasteiger partial charge in [-0.2, -0.15) is 0 Å². The van der Waals surface area contributed by atoms with Crippen LogP contribution in [0.15, 0.2) is 28.4 Å². The zero-order valence-corrected chi connectivity index (χ0v) is 14.1. The minimum Gasteiger partial charge on any atom is -0.336 e. The Hall–Kier alpha value is -2.41. The van der Waals surface area contributed by atoms with Gasteiger partial charge in [0.05, 0.1) is 28.3 Å². The number of aryl methyl sites for hydroxylation is 2. The maximum absolute atomic E-state index is 12.6. The standard InChI is InChI=1S/C16H18N4O2S/c1-4-14-17-11(9-23-14)8-19(2)15(21)10-5-6-12-13(7-10)20(3)16(22)18-12/h5-7,9H,4,8H2,1-3H3,(H,18,22). The van der Waals surface area contributed by atoms with E-state index >= 15 is 0 Å². The number of nitrogens with one attached hydrogen (secondary N) is 1. The highest BCUT2D eigenvalue weighted by Crippen LogP contribution is 2.16. The Morgan fingerprint density at radius 3 is 2.91 bits per heavy atom. The third-order valence-corrected chi connectivity index (χ3v) is 4.84. The predicted molar refractivity (Wildman–Crippen MR) is 90.8 cm³/mol. The smallest absolute Gasteiger partial charge is 0.326 e. The number of aromatic nitrogens is 3. The Morgan fingerprint density at radius 1 is 1.43 bits per heavy atom. The summed E-state index contributed by atoms with van der Waals surface area (Å²) < 4.78 is 1.50. The fourth-order valence-corrected chi connectivity index (χ4v) is 3.21. The number of hydrogen-bond donors (Lipinski definition) is 1. The summed E-state index contributed by atoms with van der Waals surface area (Å²) in [5, 5.41) is 3.06. The van der Waals surface area contributed by atoms with Crippen LogP contribution in [-0.2, 0) is 20.0 Å². The van der Waals surface area contributed by atoms with Gasteiger partial charge >= 0.3 is 5.69 Å². The first-order valence-corrected chi connectivity index (χ1v) is 8.25. The van der Waals surface area contributed by atoms with E-state index < -0.39 is 0 Å². The lowest BCUT2D eigenvalue weighted by Crippen LogP contribution is -2.26. The van der Waals surface area contributed by atoms with Gasteiger partial charge in [0.15, 0.2) is 0 Å². The van der Waals surface area contributed by atoms with E-state index in [1.54, 1.807) is 48.5 Å². The van der Waals surface area contributed by atoms with E-state index in [1.807, 2.05) is 5.38 Å². The lowest BCUT2D eigenvalue weighted by atomic mass is 10.1. The summed E-state index contributed by atoms with van der Waals surface area (Å²) >= 11 is 1.61. The SMILES string of the molecule is CCc1nc(CN(C)C(=O)c2ccc3[nH]c(=O)n(C)c3c2)cs1. The third-order valence-electron chi connectivity index (χ3n) is 3.80. The van der Waals surface area contributed by atoms with E-state index in [1.165, 1.54) is 4.57 Å². The van der Waals surface area contributed by atoms with Crippen LogP contribution in [0.4, 0.5) is 0 Å². The van der Waals surface area contributed by atoms with Gasteiger partial charge in [-0.25, -0.2) is 9.78 Å². The lowest BCUT2D eigenvalue weighted by Gasteiger charge is -2.16. The van der Waals surface area contributed by atoms with Crippen LogP contribution >= 0.6 is 11.3 Å². The van der Waals surface area contributed by atoms with Crippen molar-refractivity contribution in [2.45, 2.75) is 19.9 Å². The molecule has 6 nitrogen and oxygen atoms in total. The van der Waals surface area contributed by atoms with Crippen LogP contribution in [-0.4, -0.2) is 32.4 Å². The molecular weight excluding hydrogens is 312 g/mol. The van der Waals surface area contributed by atoms with Crippen molar-refractivity contribution in [2.75, 3.05) is 7.05 Å². The molecule has 0 aliphatic heterocycles. The number of imidazole rings is 1. The average Bonchev–Trinajstić information content (AvgIpc) is 3.11. The second kappa shape index (κ2) is 6.00. The summed E-state index contributed by atoms with van der Waals surface area (Å²) in [6.45, 7) is 2.54. The van der Waals surface area contributed by atoms with Crippen LogP contribution in [0.1, 0.15) is 28.0 Å². The zero-order valence-electron chi connectivity index (χ0n) is 13.3. The fourth-order valence-electron chi connectivity index (χ4n) is 2.48. The molecule has 0 atom stereocenters. The van der Waals surface area contributed by atoms with Crippen molar-refractivity contribution in [1.29, 1.82) is 0 Å². The number of carbonyl (C=O) groups excluding carboxylic acids is 1. The molecular formula is C16H18N4O2S. The molecule has 3 aromatic rings. The molecule has 0 aliphatic rings. The van der Waals surface area contributed by atoms with Gasteiger partial charge in [0, 0.05) is 25.0 Å². The molecule has 0 radical (unpaired) electrons. The van der Waals surface area contributed by atoms with E-state index in [9.17, 15) is 9.59 Å². The molecule has 0 fully saturated rings. The van der Waals surface area contributed by atoms with Gasteiger partial charge in [-0.15, -0.1) is 11.3 Å². The second-order valence-corrected chi connectivity index (χ2v) is 6.41. The van der Waals surface area contributed by atoms with Gasteiger partial charge in [-0.1, -0.05) is 6.92 Å². The Balaban J connectivity index is 1.84. The van der Waals surface area contributed by atoms with Crippen LogP contribution in [0.2, 0.25) is 0 Å². The van der Waals surface area contributed by atoms with E-state index in [2.05, 4.69) is 16.9 Å². The Morgan fingerprint density at radius 2 is 2.22 bits per heavy atom. The van der Waals surface area contributed by atoms with Gasteiger partial charge in [-0.3, -0.25) is 9.36 Å². The maximum Gasteiger partial charge on any atom is 0.326 e. The highest BCUT2D eigenvalue weighted by atomic mass is 32.1. The van der Waals surface area contributed by atoms with Crippen molar-refractivity contribution in [1.82, 2.24) is 19.4 Å². The number of aromatic amines is 1. The number of nitrogens with zero attached hydrogens (tertiary/aromatic N) is 3. The second-order valence-electron chi connectivity index (χ2n) is 5.47. The van der Waals surface area contributed by atoms with Crippen molar-refractivity contribution >= 4 is 28.3 Å². The van der Waals surface area contributed by atoms with Gasteiger partial charge in [-0.05, 0) is 24.6 Å². The number of thiazole rings is 1. The number of H-pyrrole nitrogens is 1. The molecule has 0 spiro atoms. The van der Waals surface area contributed by atoms with E-state index in [0.29, 0.717) is 12.1 Å². The molecule has 1 aromatic carbocycles. The molecule has 7 heteroatoms. The quantitative estimate of drug-likeness (QED) is 0.797. The van der Waals surface area contributed by atoms with Crippen molar-refractivity contribution in [3.8, 4) is 0 Å². The Bertz CT molecular complexity index is 922. The molecule has 3 rings (SSSR count). The zero-order chi connectivity index (χ0) is 16.6. The van der Waals surface area contributed by atoms with Crippen LogP contribution in [0.5, 0.6) is 0 Å². The summed E-state index contributed by atoms with van der Waals surface area (Å²) in [5.41, 5.74) is 2.71. The number of hydrogen-bond acceptors (Lipinski definition) is 4. The lowest BCUT2D eigenvalue weighted by molar-refractivity contribution is 0.0783. The largest absolute Gasteiger partial charge is 0.336 e. The Kier molecular flexibility index (Phi) is 4.04. The normalized spacial score (nSPS) is 11.1. The van der Waals surface area contributed by atoms with Gasteiger partial charge < -0.3 is 9.88 Å². The van der Waals surface area contributed by atoms with E-state index in [0.717, 1.165) is 28.2 Å². The first kappa shape index (κ1) is 15.5. The average molecular weight is 330 g/mol. The number of fused-ring (bicyclic) bond motifs is 1. The first-order chi connectivity index (χ1) is 11.0. The minimum atomic E-state index is -0.187. The molecule has 0 aliphatic carbocycles. The summed E-state index contributed by atoms with van der Waals surface area (Å²) in [6, 6.07) is 5.23. The molecule has 23 heavy (non-hydrogen) atoms. The van der Waals surface area contributed by atoms with E-state index in [4.69, 9.17) is 0 Å². The molecule has 0 saturated carbocycles. The number of amides is 1. The third kappa shape index (κ3) is 2.92. The molecule has 120 valence electrons. The fraction of sp³-hybridized carbons (Fsp3) is 0.312. The van der Waals surface area contributed by atoms with Crippen LogP contribution in [0, 0.1) is 0 Å². The topological polar surface area (TPSA) is 71.0 Å². The van der Waals surface area contributed by atoms with Crippen LogP contribution < -0.4 is 5.69 Å². The summed E-state index contributed by atoms with van der Waals surface area (Å²) in [5.74, 6) is -0.0911.